The lowest BCUT2D eigenvalue weighted by atomic mass is 10.0. The molecule has 5 nitrogen and oxygen atoms in total. The Labute approximate surface area is 116 Å². The van der Waals surface area contributed by atoms with Gasteiger partial charge in [0.15, 0.2) is 0 Å². The van der Waals surface area contributed by atoms with Crippen LogP contribution in [0.2, 0.25) is 0 Å². The molecule has 0 atom stereocenters. The van der Waals surface area contributed by atoms with Crippen molar-refractivity contribution < 1.29 is 8.94 Å². The van der Waals surface area contributed by atoms with Crippen LogP contribution in [-0.4, -0.2) is 23.7 Å². The molecule has 20 heavy (non-hydrogen) atoms. The number of benzene rings is 1. The maximum Gasteiger partial charge on any atom is 0.258 e. The third-order valence-electron chi connectivity index (χ3n) is 3.10. The fourth-order valence-corrected chi connectivity index (χ4v) is 2.05. The van der Waals surface area contributed by atoms with Gasteiger partial charge in [-0.15, -0.1) is 0 Å². The Bertz CT molecular complexity index is 674. The molecule has 0 spiro atoms. The van der Waals surface area contributed by atoms with Crippen molar-refractivity contribution in [1.29, 1.82) is 0 Å². The smallest absolute Gasteiger partial charge is 0.258 e. The Morgan fingerprint density at radius 2 is 2.10 bits per heavy atom. The van der Waals surface area contributed by atoms with Crippen LogP contribution in [0.1, 0.15) is 5.56 Å². The molecule has 5 heteroatoms. The molecule has 0 saturated carbocycles. The summed E-state index contributed by atoms with van der Waals surface area (Å²) in [7, 11) is 1.94. The Balaban J connectivity index is 1.93. The van der Waals surface area contributed by atoms with E-state index in [-0.39, 0.29) is 0 Å². The van der Waals surface area contributed by atoms with E-state index >= 15 is 0 Å². The number of hydrogen-bond donors (Lipinski definition) is 1. The zero-order valence-corrected chi connectivity index (χ0v) is 11.2. The molecular weight excluding hydrogens is 254 g/mol. The molecule has 102 valence electrons. The minimum atomic E-state index is 0.535. The number of nitrogens with zero attached hydrogens (tertiary/aromatic N) is 2. The molecular formula is C15H15N3O2. The third-order valence-corrected chi connectivity index (χ3v) is 3.10. The maximum absolute atomic E-state index is 5.37. The first-order valence-corrected chi connectivity index (χ1v) is 6.47. The second kappa shape index (κ2) is 5.71. The molecule has 0 fully saturated rings. The molecule has 0 aliphatic rings. The molecule has 0 unspecified atom stereocenters. The summed E-state index contributed by atoms with van der Waals surface area (Å²) < 4.78 is 10.4. The molecule has 3 rings (SSSR count). The van der Waals surface area contributed by atoms with E-state index in [9.17, 15) is 0 Å². The fourth-order valence-electron chi connectivity index (χ4n) is 2.05. The van der Waals surface area contributed by atoms with Gasteiger partial charge in [0, 0.05) is 5.56 Å². The first kappa shape index (κ1) is 12.6. The average Bonchev–Trinajstić information content (AvgIpc) is 3.15. The van der Waals surface area contributed by atoms with E-state index < -0.39 is 0 Å². The normalized spacial score (nSPS) is 10.8. The number of hydrogen-bond acceptors (Lipinski definition) is 5. The molecule has 0 saturated heterocycles. The van der Waals surface area contributed by atoms with Gasteiger partial charge in [0.1, 0.15) is 6.26 Å². The summed E-state index contributed by atoms with van der Waals surface area (Å²) in [5, 5.41) is 7.14. The molecule has 0 aliphatic heterocycles. The van der Waals surface area contributed by atoms with Crippen LogP contribution in [0.25, 0.3) is 22.8 Å². The summed E-state index contributed by atoms with van der Waals surface area (Å²) in [5.74, 6) is 1.07. The fraction of sp³-hybridized carbons (Fsp3) is 0.200. The maximum atomic E-state index is 5.37. The van der Waals surface area contributed by atoms with Crippen LogP contribution < -0.4 is 5.32 Å². The van der Waals surface area contributed by atoms with Gasteiger partial charge in [0.2, 0.25) is 5.82 Å². The summed E-state index contributed by atoms with van der Waals surface area (Å²) >= 11 is 0. The Hall–Kier alpha value is -2.40. The van der Waals surface area contributed by atoms with Gasteiger partial charge < -0.3 is 14.3 Å². The first-order chi connectivity index (χ1) is 9.88. The quantitative estimate of drug-likeness (QED) is 0.771. The predicted molar refractivity (Wildman–Crippen MR) is 75.1 cm³/mol. The Kier molecular flexibility index (Phi) is 3.60. The van der Waals surface area contributed by atoms with Crippen LogP contribution in [0.15, 0.2) is 51.8 Å². The summed E-state index contributed by atoms with van der Waals surface area (Å²) in [6, 6.07) is 9.87. The molecule has 0 bridgehead atoms. The Morgan fingerprint density at radius 1 is 1.20 bits per heavy atom. The van der Waals surface area contributed by atoms with Crippen molar-refractivity contribution in [2.75, 3.05) is 13.6 Å². The van der Waals surface area contributed by atoms with Gasteiger partial charge in [-0.2, -0.15) is 4.98 Å². The van der Waals surface area contributed by atoms with Gasteiger partial charge in [-0.05, 0) is 37.7 Å². The molecule has 1 aromatic carbocycles. The lowest BCUT2D eigenvalue weighted by Crippen LogP contribution is -2.10. The van der Waals surface area contributed by atoms with E-state index in [1.165, 1.54) is 5.56 Å². The molecule has 2 aromatic heterocycles. The number of nitrogens with one attached hydrogen (secondary N) is 1. The number of furan rings is 1. The second-order valence-corrected chi connectivity index (χ2v) is 4.45. The molecule has 0 radical (unpaired) electrons. The summed E-state index contributed by atoms with van der Waals surface area (Å²) in [6.07, 6.45) is 4.10. The zero-order chi connectivity index (χ0) is 13.8. The van der Waals surface area contributed by atoms with E-state index in [1.807, 2.05) is 31.3 Å². The van der Waals surface area contributed by atoms with Crippen molar-refractivity contribution in [3.63, 3.8) is 0 Å². The highest BCUT2D eigenvalue weighted by molar-refractivity contribution is 5.62. The monoisotopic (exact) mass is 269 g/mol. The minimum Gasteiger partial charge on any atom is -0.472 e. The van der Waals surface area contributed by atoms with E-state index in [1.54, 1.807) is 12.5 Å². The van der Waals surface area contributed by atoms with Crippen molar-refractivity contribution in [3.05, 3.63) is 48.4 Å². The standard InChI is InChI=1S/C15H15N3O2/c1-16-8-6-11-4-2-3-5-13(11)15-17-14(18-20-15)12-7-9-19-10-12/h2-5,7,9-10,16H,6,8H2,1H3. The van der Waals surface area contributed by atoms with Crippen molar-refractivity contribution >= 4 is 0 Å². The first-order valence-electron chi connectivity index (χ1n) is 6.47. The van der Waals surface area contributed by atoms with Gasteiger partial charge in [0.25, 0.3) is 5.89 Å². The molecule has 0 aliphatic carbocycles. The van der Waals surface area contributed by atoms with E-state index in [2.05, 4.69) is 21.5 Å². The highest BCUT2D eigenvalue weighted by Crippen LogP contribution is 2.25. The van der Waals surface area contributed by atoms with Crippen LogP contribution in [0.5, 0.6) is 0 Å². The highest BCUT2D eigenvalue weighted by atomic mass is 16.5. The van der Waals surface area contributed by atoms with Gasteiger partial charge in [-0.25, -0.2) is 0 Å². The van der Waals surface area contributed by atoms with Gasteiger partial charge in [-0.1, -0.05) is 23.4 Å². The second-order valence-electron chi connectivity index (χ2n) is 4.45. The third kappa shape index (κ3) is 2.48. The van der Waals surface area contributed by atoms with Gasteiger partial charge in [-0.3, -0.25) is 0 Å². The molecule has 1 N–H and O–H groups in total. The SMILES string of the molecule is CNCCc1ccccc1-c1nc(-c2ccoc2)no1. The number of aromatic nitrogens is 2. The zero-order valence-electron chi connectivity index (χ0n) is 11.2. The lowest BCUT2D eigenvalue weighted by Gasteiger charge is -2.04. The van der Waals surface area contributed by atoms with E-state index in [0.717, 1.165) is 24.1 Å². The van der Waals surface area contributed by atoms with Crippen LogP contribution in [-0.2, 0) is 6.42 Å². The summed E-state index contributed by atoms with van der Waals surface area (Å²) in [5.41, 5.74) is 2.97. The highest BCUT2D eigenvalue weighted by Gasteiger charge is 2.14. The Morgan fingerprint density at radius 3 is 2.90 bits per heavy atom. The van der Waals surface area contributed by atoms with E-state index in [4.69, 9.17) is 8.94 Å². The largest absolute Gasteiger partial charge is 0.472 e. The van der Waals surface area contributed by atoms with Crippen molar-refractivity contribution in [2.24, 2.45) is 0 Å². The topological polar surface area (TPSA) is 64.1 Å². The molecule has 3 aromatic rings. The average molecular weight is 269 g/mol. The van der Waals surface area contributed by atoms with Crippen LogP contribution in [0, 0.1) is 0 Å². The lowest BCUT2D eigenvalue weighted by molar-refractivity contribution is 0.432. The number of likely N-dealkylation sites (N-methyl/N-ethyl adjacent to an activating group) is 1. The van der Waals surface area contributed by atoms with Gasteiger partial charge >= 0.3 is 0 Å². The van der Waals surface area contributed by atoms with Crippen LogP contribution in [0.4, 0.5) is 0 Å². The van der Waals surface area contributed by atoms with Crippen molar-refractivity contribution in [1.82, 2.24) is 15.5 Å². The molecule has 2 heterocycles. The summed E-state index contributed by atoms with van der Waals surface area (Å²) in [4.78, 5) is 4.43. The van der Waals surface area contributed by atoms with Gasteiger partial charge in [0.05, 0.1) is 11.8 Å². The van der Waals surface area contributed by atoms with E-state index in [0.29, 0.717) is 11.7 Å². The number of rotatable bonds is 5. The minimum absolute atomic E-state index is 0.535. The predicted octanol–water partition coefficient (Wildman–Crippen LogP) is 2.76. The summed E-state index contributed by atoms with van der Waals surface area (Å²) in [6.45, 7) is 0.903. The van der Waals surface area contributed by atoms with Crippen LogP contribution in [0.3, 0.4) is 0 Å². The van der Waals surface area contributed by atoms with Crippen molar-refractivity contribution in [2.45, 2.75) is 6.42 Å². The molecule has 0 amide bonds. The van der Waals surface area contributed by atoms with Crippen LogP contribution >= 0.6 is 0 Å². The van der Waals surface area contributed by atoms with Crippen molar-refractivity contribution in [3.8, 4) is 22.8 Å².